The molecule has 0 aliphatic heterocycles. The molecule has 9 heteroatoms. The van der Waals surface area contributed by atoms with Crippen molar-refractivity contribution in [2.75, 3.05) is 33.9 Å². The summed E-state index contributed by atoms with van der Waals surface area (Å²) in [5.74, 6) is 0.668. The van der Waals surface area contributed by atoms with Crippen molar-refractivity contribution in [3.05, 3.63) is 16.1 Å². The molecule has 1 saturated carbocycles. The first-order valence-corrected chi connectivity index (χ1v) is 9.71. The van der Waals surface area contributed by atoms with E-state index in [1.165, 1.54) is 25.7 Å². The molecule has 1 aliphatic rings. The summed E-state index contributed by atoms with van der Waals surface area (Å²) in [4.78, 5) is 7.84. The summed E-state index contributed by atoms with van der Waals surface area (Å²) in [6.45, 7) is 2.06. The molecular weight excluding hydrogens is 365 g/mol. The number of ether oxygens (including phenoxy) is 1. The molecule has 1 aromatic rings. The summed E-state index contributed by atoms with van der Waals surface area (Å²) in [5, 5.41) is 8.04. The van der Waals surface area contributed by atoms with Gasteiger partial charge < -0.3 is 15.4 Å². The summed E-state index contributed by atoms with van der Waals surface area (Å²) in [6, 6.07) is 0. The van der Waals surface area contributed by atoms with Gasteiger partial charge in [0.1, 0.15) is 0 Å². The van der Waals surface area contributed by atoms with Crippen molar-refractivity contribution in [3.63, 3.8) is 0 Å². The average Bonchev–Trinajstić information content (AvgIpc) is 3.26. The number of rotatable bonds is 8. The van der Waals surface area contributed by atoms with Crippen LogP contribution in [0.3, 0.4) is 0 Å². The Morgan fingerprint density at radius 3 is 2.65 bits per heavy atom. The SMILES string of the molecule is CN=C(NCCc1nc(C(F)(F)F)cs1)NCC1(CCOC)CCCC1. The Hall–Kier alpha value is -1.35. The van der Waals surface area contributed by atoms with Crippen molar-refractivity contribution in [2.24, 2.45) is 10.4 Å². The smallest absolute Gasteiger partial charge is 0.385 e. The minimum Gasteiger partial charge on any atom is -0.385 e. The first-order valence-electron chi connectivity index (χ1n) is 8.84. The van der Waals surface area contributed by atoms with Crippen molar-refractivity contribution in [3.8, 4) is 0 Å². The van der Waals surface area contributed by atoms with Crippen LogP contribution in [0.5, 0.6) is 0 Å². The van der Waals surface area contributed by atoms with Crippen molar-refractivity contribution in [1.82, 2.24) is 15.6 Å². The second kappa shape index (κ2) is 9.55. The van der Waals surface area contributed by atoms with E-state index in [4.69, 9.17) is 4.74 Å². The molecule has 0 saturated heterocycles. The van der Waals surface area contributed by atoms with Gasteiger partial charge in [-0.15, -0.1) is 11.3 Å². The number of hydrogen-bond acceptors (Lipinski definition) is 4. The van der Waals surface area contributed by atoms with Gasteiger partial charge in [-0.25, -0.2) is 4.98 Å². The Kier molecular flexibility index (Phi) is 7.69. The molecule has 2 rings (SSSR count). The molecule has 0 bridgehead atoms. The molecule has 148 valence electrons. The predicted octanol–water partition coefficient (Wildman–Crippen LogP) is 3.47. The van der Waals surface area contributed by atoms with E-state index in [9.17, 15) is 13.2 Å². The van der Waals surface area contributed by atoms with Crippen molar-refractivity contribution < 1.29 is 17.9 Å². The highest BCUT2D eigenvalue weighted by Crippen LogP contribution is 2.40. The van der Waals surface area contributed by atoms with Crippen LogP contribution in [-0.4, -0.2) is 44.8 Å². The second-order valence-electron chi connectivity index (χ2n) is 6.68. The van der Waals surface area contributed by atoms with Gasteiger partial charge in [-0.1, -0.05) is 12.8 Å². The Bertz CT molecular complexity index is 583. The number of hydrogen-bond donors (Lipinski definition) is 2. The Balaban J connectivity index is 1.78. The van der Waals surface area contributed by atoms with Crippen LogP contribution in [0.1, 0.15) is 42.8 Å². The van der Waals surface area contributed by atoms with Gasteiger partial charge >= 0.3 is 6.18 Å². The number of methoxy groups -OCH3 is 1. The van der Waals surface area contributed by atoms with Crippen LogP contribution in [0, 0.1) is 5.41 Å². The van der Waals surface area contributed by atoms with E-state index in [1.54, 1.807) is 14.2 Å². The van der Waals surface area contributed by atoms with Crippen molar-refractivity contribution in [2.45, 2.75) is 44.7 Å². The fraction of sp³-hybridized carbons (Fsp3) is 0.765. The fourth-order valence-corrected chi connectivity index (χ4v) is 4.10. The molecule has 1 aliphatic carbocycles. The highest BCUT2D eigenvalue weighted by atomic mass is 32.1. The number of aromatic nitrogens is 1. The van der Waals surface area contributed by atoms with Gasteiger partial charge in [-0.05, 0) is 24.7 Å². The van der Waals surface area contributed by atoms with Crippen LogP contribution < -0.4 is 10.6 Å². The number of aliphatic imine (C=N–C) groups is 1. The number of nitrogens with zero attached hydrogens (tertiary/aromatic N) is 2. The van der Waals surface area contributed by atoms with E-state index >= 15 is 0 Å². The summed E-state index contributed by atoms with van der Waals surface area (Å²) >= 11 is 1.03. The minimum atomic E-state index is -4.38. The molecule has 0 atom stereocenters. The van der Waals surface area contributed by atoms with Crippen LogP contribution in [0.25, 0.3) is 0 Å². The van der Waals surface area contributed by atoms with Gasteiger partial charge in [-0.3, -0.25) is 4.99 Å². The van der Waals surface area contributed by atoms with E-state index in [0.29, 0.717) is 23.9 Å². The highest BCUT2D eigenvalue weighted by Gasteiger charge is 2.34. The maximum Gasteiger partial charge on any atom is 0.434 e. The van der Waals surface area contributed by atoms with Crippen LogP contribution in [0.2, 0.25) is 0 Å². The third-order valence-corrected chi connectivity index (χ3v) is 5.74. The second-order valence-corrected chi connectivity index (χ2v) is 7.62. The Morgan fingerprint density at radius 2 is 2.08 bits per heavy atom. The standard InChI is InChI=1S/C17H27F3N4OS/c1-21-15(23-12-16(8-10-25-2)6-3-4-7-16)22-9-5-14-24-13(11-26-14)17(18,19)20/h11H,3-10,12H2,1-2H3,(H2,21,22,23). The highest BCUT2D eigenvalue weighted by molar-refractivity contribution is 7.09. The first kappa shape index (κ1) is 21.0. The normalized spacial score (nSPS) is 17.5. The van der Waals surface area contributed by atoms with Gasteiger partial charge in [0.15, 0.2) is 11.7 Å². The summed E-state index contributed by atoms with van der Waals surface area (Å²) in [6.07, 6.45) is 1.91. The maximum absolute atomic E-state index is 12.6. The van der Waals surface area contributed by atoms with E-state index in [0.717, 1.165) is 36.3 Å². The number of guanidine groups is 1. The van der Waals surface area contributed by atoms with Crippen LogP contribution >= 0.6 is 11.3 Å². The molecule has 1 fully saturated rings. The molecule has 0 radical (unpaired) electrons. The fourth-order valence-electron chi connectivity index (χ4n) is 3.29. The zero-order chi connectivity index (χ0) is 19.0. The van der Waals surface area contributed by atoms with Crippen LogP contribution in [0.4, 0.5) is 13.2 Å². The van der Waals surface area contributed by atoms with Gasteiger partial charge in [0.2, 0.25) is 0 Å². The molecule has 5 nitrogen and oxygen atoms in total. The molecule has 0 spiro atoms. The third kappa shape index (κ3) is 6.12. The van der Waals surface area contributed by atoms with Gasteiger partial charge in [0.25, 0.3) is 0 Å². The van der Waals surface area contributed by atoms with E-state index in [-0.39, 0.29) is 5.41 Å². The monoisotopic (exact) mass is 392 g/mol. The van der Waals surface area contributed by atoms with Crippen LogP contribution in [-0.2, 0) is 17.3 Å². The Morgan fingerprint density at radius 1 is 1.35 bits per heavy atom. The lowest BCUT2D eigenvalue weighted by Gasteiger charge is -2.29. The zero-order valence-corrected chi connectivity index (χ0v) is 16.1. The molecule has 0 amide bonds. The lowest BCUT2D eigenvalue weighted by molar-refractivity contribution is -0.140. The lowest BCUT2D eigenvalue weighted by Crippen LogP contribution is -2.43. The zero-order valence-electron chi connectivity index (χ0n) is 15.3. The molecule has 1 heterocycles. The molecule has 26 heavy (non-hydrogen) atoms. The quantitative estimate of drug-likeness (QED) is 0.525. The summed E-state index contributed by atoms with van der Waals surface area (Å²) < 4.78 is 43.0. The van der Waals surface area contributed by atoms with Crippen molar-refractivity contribution >= 4 is 17.3 Å². The van der Waals surface area contributed by atoms with Crippen LogP contribution in [0.15, 0.2) is 10.4 Å². The number of thiazole rings is 1. The van der Waals surface area contributed by atoms with E-state index in [1.807, 2.05) is 0 Å². The van der Waals surface area contributed by atoms with E-state index < -0.39 is 11.9 Å². The average molecular weight is 392 g/mol. The number of nitrogens with one attached hydrogen (secondary N) is 2. The van der Waals surface area contributed by atoms with Gasteiger partial charge in [-0.2, -0.15) is 13.2 Å². The molecule has 1 aromatic heterocycles. The largest absolute Gasteiger partial charge is 0.434 e. The maximum atomic E-state index is 12.6. The predicted molar refractivity (Wildman–Crippen MR) is 97.6 cm³/mol. The summed E-state index contributed by atoms with van der Waals surface area (Å²) in [7, 11) is 3.41. The van der Waals surface area contributed by atoms with E-state index in [2.05, 4.69) is 20.6 Å². The molecule has 0 unspecified atom stereocenters. The topological polar surface area (TPSA) is 58.5 Å². The number of halogens is 3. The first-order chi connectivity index (χ1) is 12.4. The van der Waals surface area contributed by atoms with Gasteiger partial charge in [0, 0.05) is 45.7 Å². The van der Waals surface area contributed by atoms with Gasteiger partial charge in [0.05, 0.1) is 5.01 Å². The molecule has 2 N–H and O–H groups in total. The number of alkyl halides is 3. The molecular formula is C17H27F3N4OS. The van der Waals surface area contributed by atoms with Crippen molar-refractivity contribution in [1.29, 1.82) is 0 Å². The molecule has 0 aromatic carbocycles. The Labute approximate surface area is 156 Å². The minimum absolute atomic E-state index is 0.241. The summed E-state index contributed by atoms with van der Waals surface area (Å²) in [5.41, 5.74) is -0.578. The third-order valence-electron chi connectivity index (χ3n) is 4.83. The lowest BCUT2D eigenvalue weighted by atomic mass is 9.83.